The van der Waals surface area contributed by atoms with Crippen molar-refractivity contribution in [1.29, 1.82) is 0 Å². The number of pyridine rings is 2. The maximum atomic E-state index is 13.3. The first-order valence-corrected chi connectivity index (χ1v) is 14.8. The highest BCUT2D eigenvalue weighted by Crippen LogP contribution is 2.51. The van der Waals surface area contributed by atoms with Crippen molar-refractivity contribution < 1.29 is 22.7 Å². The third kappa shape index (κ3) is 7.27. The van der Waals surface area contributed by atoms with Gasteiger partial charge in [0.25, 0.3) is 0 Å². The number of hydrogen-bond donors (Lipinski definition) is 2. The number of nitrogens with one attached hydrogen (secondary N) is 2. The SMILES string of the molecule is C=CC(=O)Nc1cc(Nc2nccc(N3CC4(CCCC4)c4nc(C)ccc43)n2)c(OCC(F)(F)F)nc1N(C)CCN(C)C. The number of rotatable bonds is 11. The quantitative estimate of drug-likeness (QED) is 0.271. The smallest absolute Gasteiger partial charge is 0.422 e. The molecule has 2 aliphatic rings. The minimum Gasteiger partial charge on any atom is -0.466 e. The number of aryl methyl sites for hydroxylation is 1. The summed E-state index contributed by atoms with van der Waals surface area (Å²) in [6.45, 7) is 5.75. The molecule has 1 fully saturated rings. The molecule has 1 aliphatic heterocycles. The van der Waals surface area contributed by atoms with Gasteiger partial charge >= 0.3 is 6.18 Å². The first kappa shape index (κ1) is 31.9. The fourth-order valence-corrected chi connectivity index (χ4v) is 5.81. The number of amides is 1. The van der Waals surface area contributed by atoms with Gasteiger partial charge in [-0.25, -0.2) is 4.98 Å². The molecule has 0 saturated heterocycles. The molecule has 5 rings (SSSR count). The van der Waals surface area contributed by atoms with E-state index in [0.717, 1.165) is 55.4 Å². The average Bonchev–Trinajstić information content (AvgIpc) is 3.59. The number of carbonyl (C=O) groups is 1. The first-order valence-electron chi connectivity index (χ1n) is 14.8. The van der Waals surface area contributed by atoms with Crippen LogP contribution in [0, 0.1) is 6.92 Å². The molecule has 4 heterocycles. The van der Waals surface area contributed by atoms with E-state index in [9.17, 15) is 18.0 Å². The monoisotopic (exact) mass is 625 g/mol. The highest BCUT2D eigenvalue weighted by atomic mass is 19.4. The molecule has 45 heavy (non-hydrogen) atoms. The van der Waals surface area contributed by atoms with Gasteiger partial charge in [0.15, 0.2) is 12.4 Å². The number of ether oxygens (including phenoxy) is 1. The minimum absolute atomic E-state index is 0.0465. The summed E-state index contributed by atoms with van der Waals surface area (Å²) < 4.78 is 45.0. The van der Waals surface area contributed by atoms with E-state index in [0.29, 0.717) is 18.9 Å². The molecular formula is C31H38F3N9O2. The van der Waals surface area contributed by atoms with Gasteiger partial charge in [-0.1, -0.05) is 19.4 Å². The van der Waals surface area contributed by atoms with Crippen molar-refractivity contribution in [2.75, 3.05) is 67.8 Å². The second-order valence-corrected chi connectivity index (χ2v) is 11.8. The van der Waals surface area contributed by atoms with E-state index in [4.69, 9.17) is 14.7 Å². The fraction of sp³-hybridized carbons (Fsp3) is 0.452. The Morgan fingerprint density at radius 3 is 2.56 bits per heavy atom. The molecule has 1 spiro atoms. The Labute approximate surface area is 260 Å². The van der Waals surface area contributed by atoms with Gasteiger partial charge in [-0.3, -0.25) is 9.78 Å². The molecule has 11 nitrogen and oxygen atoms in total. The van der Waals surface area contributed by atoms with E-state index in [1.54, 1.807) is 24.2 Å². The van der Waals surface area contributed by atoms with E-state index >= 15 is 0 Å². The van der Waals surface area contributed by atoms with Crippen molar-refractivity contribution in [2.24, 2.45) is 0 Å². The van der Waals surface area contributed by atoms with Crippen molar-refractivity contribution in [3.05, 3.63) is 54.5 Å². The lowest BCUT2D eigenvalue weighted by Gasteiger charge is -2.25. The minimum atomic E-state index is -4.60. The van der Waals surface area contributed by atoms with E-state index in [1.807, 2.05) is 32.0 Å². The summed E-state index contributed by atoms with van der Waals surface area (Å²) in [4.78, 5) is 36.6. The maximum Gasteiger partial charge on any atom is 0.422 e. The molecule has 1 saturated carbocycles. The predicted molar refractivity (Wildman–Crippen MR) is 168 cm³/mol. The summed E-state index contributed by atoms with van der Waals surface area (Å²) in [6.07, 6.45) is 2.44. The van der Waals surface area contributed by atoms with Crippen molar-refractivity contribution in [3.63, 3.8) is 0 Å². The van der Waals surface area contributed by atoms with Gasteiger partial charge in [0.05, 0.1) is 17.1 Å². The highest BCUT2D eigenvalue weighted by molar-refractivity contribution is 6.01. The second kappa shape index (κ2) is 12.9. The van der Waals surface area contributed by atoms with Gasteiger partial charge in [-0.15, -0.1) is 0 Å². The van der Waals surface area contributed by atoms with Crippen LogP contribution >= 0.6 is 0 Å². The van der Waals surface area contributed by atoms with Crippen molar-refractivity contribution in [1.82, 2.24) is 24.8 Å². The van der Waals surface area contributed by atoms with Crippen molar-refractivity contribution in [2.45, 2.75) is 44.2 Å². The Morgan fingerprint density at radius 2 is 1.87 bits per heavy atom. The Kier molecular flexibility index (Phi) is 9.14. The van der Waals surface area contributed by atoms with Crippen LogP contribution in [0.2, 0.25) is 0 Å². The number of aromatic nitrogens is 4. The second-order valence-electron chi connectivity index (χ2n) is 11.8. The molecule has 3 aromatic rings. The Balaban J connectivity index is 1.51. The number of halogens is 3. The lowest BCUT2D eigenvalue weighted by Crippen LogP contribution is -2.30. The Hall–Kier alpha value is -4.46. The Morgan fingerprint density at radius 1 is 1.11 bits per heavy atom. The lowest BCUT2D eigenvalue weighted by atomic mass is 9.84. The van der Waals surface area contributed by atoms with E-state index in [2.05, 4.69) is 38.1 Å². The van der Waals surface area contributed by atoms with Crippen LogP contribution < -0.4 is 25.2 Å². The molecule has 0 unspecified atom stereocenters. The van der Waals surface area contributed by atoms with E-state index in [-0.39, 0.29) is 34.4 Å². The molecule has 1 amide bonds. The first-order chi connectivity index (χ1) is 21.4. The molecule has 14 heteroatoms. The topological polar surface area (TPSA) is 112 Å². The average molecular weight is 626 g/mol. The van der Waals surface area contributed by atoms with Gasteiger partial charge in [0.2, 0.25) is 17.7 Å². The number of likely N-dealkylation sites (N-methyl/N-ethyl adjacent to an activating group) is 2. The summed E-state index contributed by atoms with van der Waals surface area (Å²) in [5.41, 5.74) is 3.28. The molecule has 2 N–H and O–H groups in total. The summed E-state index contributed by atoms with van der Waals surface area (Å²) in [5, 5.41) is 5.70. The normalized spacial score (nSPS) is 15.3. The number of alkyl halides is 3. The molecule has 0 radical (unpaired) electrons. The van der Waals surface area contributed by atoms with Crippen LogP contribution in [0.25, 0.3) is 0 Å². The number of anilines is 6. The summed E-state index contributed by atoms with van der Waals surface area (Å²) in [5.74, 6) is 0.136. The van der Waals surface area contributed by atoms with Crippen molar-refractivity contribution >= 4 is 40.6 Å². The summed E-state index contributed by atoms with van der Waals surface area (Å²) >= 11 is 0. The third-order valence-electron chi connectivity index (χ3n) is 8.02. The molecule has 3 aromatic heterocycles. The highest BCUT2D eigenvalue weighted by Gasteiger charge is 2.46. The predicted octanol–water partition coefficient (Wildman–Crippen LogP) is 5.35. The maximum absolute atomic E-state index is 13.3. The number of hydrogen-bond acceptors (Lipinski definition) is 10. The zero-order valence-corrected chi connectivity index (χ0v) is 25.9. The number of nitrogens with zero attached hydrogens (tertiary/aromatic N) is 7. The van der Waals surface area contributed by atoms with Crippen LogP contribution in [0.4, 0.5) is 47.8 Å². The molecule has 1 aliphatic carbocycles. The van der Waals surface area contributed by atoms with E-state index in [1.165, 1.54) is 6.07 Å². The number of fused-ring (bicyclic) bond motifs is 2. The van der Waals surface area contributed by atoms with E-state index < -0.39 is 18.7 Å². The van der Waals surface area contributed by atoms with Gasteiger partial charge in [0.1, 0.15) is 11.5 Å². The van der Waals surface area contributed by atoms with Crippen LogP contribution in [0.5, 0.6) is 5.88 Å². The summed E-state index contributed by atoms with van der Waals surface area (Å²) in [7, 11) is 5.52. The fourth-order valence-electron chi connectivity index (χ4n) is 5.81. The Bertz CT molecular complexity index is 1560. The van der Waals surface area contributed by atoms with Gasteiger partial charge < -0.3 is 30.1 Å². The zero-order chi connectivity index (χ0) is 32.4. The van der Waals surface area contributed by atoms with Gasteiger partial charge in [0, 0.05) is 44.0 Å². The molecule has 0 atom stereocenters. The van der Waals surface area contributed by atoms with Gasteiger partial charge in [-0.2, -0.15) is 23.1 Å². The molecule has 0 bridgehead atoms. The largest absolute Gasteiger partial charge is 0.466 e. The van der Waals surface area contributed by atoms with Crippen molar-refractivity contribution in [3.8, 4) is 5.88 Å². The van der Waals surface area contributed by atoms with Crippen LogP contribution in [-0.4, -0.2) is 84.3 Å². The molecular weight excluding hydrogens is 587 g/mol. The van der Waals surface area contributed by atoms with Crippen LogP contribution in [0.1, 0.15) is 37.1 Å². The van der Waals surface area contributed by atoms with Crippen LogP contribution in [-0.2, 0) is 10.2 Å². The van der Waals surface area contributed by atoms with Crippen LogP contribution in [0.15, 0.2) is 43.1 Å². The standard InChI is InChI=1S/C31H38F3N9O2/c1-6-25(44)37-21-17-22(28(45-19-31(32,33)34)40-27(21)42(5)16-15-41(3)4)38-29-35-14-11-24(39-29)43-18-30(12-7-8-13-30)26-23(43)10-9-20(2)36-26/h6,9-11,14,17H,1,7-8,12-13,15-16,18-19H2,2-5H3,(H,37,44)(H,35,38,39). The zero-order valence-electron chi connectivity index (χ0n) is 25.9. The lowest BCUT2D eigenvalue weighted by molar-refractivity contribution is -0.153. The summed E-state index contributed by atoms with van der Waals surface area (Å²) in [6, 6.07) is 7.29. The molecule has 240 valence electrons. The van der Waals surface area contributed by atoms with Crippen LogP contribution in [0.3, 0.4) is 0 Å². The van der Waals surface area contributed by atoms with Gasteiger partial charge in [-0.05, 0) is 64.2 Å². The number of carbonyl (C=O) groups excluding carboxylic acids is 1. The molecule has 0 aromatic carbocycles. The third-order valence-corrected chi connectivity index (χ3v) is 8.02.